The lowest BCUT2D eigenvalue weighted by atomic mass is 10.2. The van der Waals surface area contributed by atoms with Gasteiger partial charge in [-0.2, -0.15) is 0 Å². The second-order valence-electron chi connectivity index (χ2n) is 3.22. The molecule has 0 aliphatic rings. The zero-order valence-corrected chi connectivity index (χ0v) is 8.65. The van der Waals surface area contributed by atoms with Gasteiger partial charge in [0, 0.05) is 6.20 Å². The summed E-state index contributed by atoms with van der Waals surface area (Å²) in [6.07, 6.45) is 1.59. The van der Waals surface area contributed by atoms with Gasteiger partial charge in [-0.05, 0) is 26.2 Å². The summed E-state index contributed by atoms with van der Waals surface area (Å²) in [6.45, 7) is 0.341. The number of carbonyl (C=O) groups excluding carboxylic acids is 1. The second-order valence-corrected chi connectivity index (χ2v) is 3.22. The van der Waals surface area contributed by atoms with Gasteiger partial charge in [0.1, 0.15) is 11.4 Å². The summed E-state index contributed by atoms with van der Waals surface area (Å²) in [6, 6.07) is 3.47. The highest BCUT2D eigenvalue weighted by Crippen LogP contribution is 2.14. The van der Waals surface area contributed by atoms with Gasteiger partial charge in [-0.1, -0.05) is 0 Å². The van der Waals surface area contributed by atoms with Crippen LogP contribution in [0.1, 0.15) is 10.5 Å². The lowest BCUT2D eigenvalue weighted by molar-refractivity contribution is 0.0949. The Morgan fingerprint density at radius 2 is 2.29 bits per heavy atom. The maximum Gasteiger partial charge on any atom is 0.198 e. The normalized spacial score (nSPS) is 10.3. The highest BCUT2D eigenvalue weighted by Gasteiger charge is 2.13. The SMILES string of the molecule is COc1cccnc1C(=O)CN(C)C. The number of methoxy groups -OCH3 is 1. The van der Waals surface area contributed by atoms with E-state index in [2.05, 4.69) is 4.98 Å². The Morgan fingerprint density at radius 3 is 2.86 bits per heavy atom. The number of hydrogen-bond acceptors (Lipinski definition) is 4. The first-order valence-electron chi connectivity index (χ1n) is 4.32. The van der Waals surface area contributed by atoms with Crippen molar-refractivity contribution in [2.24, 2.45) is 0 Å². The van der Waals surface area contributed by atoms with Crippen LogP contribution >= 0.6 is 0 Å². The molecule has 0 unspecified atom stereocenters. The molecule has 0 amide bonds. The van der Waals surface area contributed by atoms with E-state index in [0.717, 1.165) is 0 Å². The van der Waals surface area contributed by atoms with Crippen molar-refractivity contribution in [2.75, 3.05) is 27.7 Å². The molecule has 0 saturated carbocycles. The third kappa shape index (κ3) is 2.53. The van der Waals surface area contributed by atoms with Crippen molar-refractivity contribution in [2.45, 2.75) is 0 Å². The van der Waals surface area contributed by atoms with Crippen molar-refractivity contribution in [3.05, 3.63) is 24.0 Å². The Hall–Kier alpha value is -1.42. The minimum Gasteiger partial charge on any atom is -0.494 e. The third-order valence-corrected chi connectivity index (χ3v) is 1.71. The Bertz CT molecular complexity index is 324. The first-order valence-corrected chi connectivity index (χ1v) is 4.32. The predicted octanol–water partition coefficient (Wildman–Crippen LogP) is 0.834. The van der Waals surface area contributed by atoms with E-state index >= 15 is 0 Å². The number of aromatic nitrogens is 1. The Balaban J connectivity index is 2.88. The monoisotopic (exact) mass is 194 g/mol. The number of rotatable bonds is 4. The molecule has 0 fully saturated rings. The van der Waals surface area contributed by atoms with E-state index in [1.165, 1.54) is 7.11 Å². The number of likely N-dealkylation sites (N-methyl/N-ethyl adjacent to an activating group) is 1. The molecule has 0 spiro atoms. The fourth-order valence-corrected chi connectivity index (χ4v) is 1.13. The van der Waals surface area contributed by atoms with Gasteiger partial charge in [0.15, 0.2) is 5.78 Å². The van der Waals surface area contributed by atoms with Gasteiger partial charge >= 0.3 is 0 Å². The number of pyridine rings is 1. The van der Waals surface area contributed by atoms with Gasteiger partial charge in [0.05, 0.1) is 13.7 Å². The van der Waals surface area contributed by atoms with Gasteiger partial charge in [0.2, 0.25) is 0 Å². The quantitative estimate of drug-likeness (QED) is 0.666. The molecule has 1 rings (SSSR count). The van der Waals surface area contributed by atoms with E-state index in [9.17, 15) is 4.79 Å². The smallest absolute Gasteiger partial charge is 0.198 e. The molecule has 0 radical (unpaired) electrons. The largest absolute Gasteiger partial charge is 0.494 e. The van der Waals surface area contributed by atoms with Crippen molar-refractivity contribution in [1.29, 1.82) is 0 Å². The van der Waals surface area contributed by atoms with Crippen LogP contribution in [0, 0.1) is 0 Å². The van der Waals surface area contributed by atoms with Crippen LogP contribution in [0.2, 0.25) is 0 Å². The van der Waals surface area contributed by atoms with Gasteiger partial charge in [-0.15, -0.1) is 0 Å². The summed E-state index contributed by atoms with van der Waals surface area (Å²) in [7, 11) is 5.21. The van der Waals surface area contributed by atoms with Crippen molar-refractivity contribution >= 4 is 5.78 Å². The van der Waals surface area contributed by atoms with Crippen molar-refractivity contribution in [3.8, 4) is 5.75 Å². The molecule has 1 aromatic rings. The molecule has 0 bridgehead atoms. The number of carbonyl (C=O) groups is 1. The maximum absolute atomic E-state index is 11.7. The second kappa shape index (κ2) is 4.72. The minimum atomic E-state index is -0.0348. The highest BCUT2D eigenvalue weighted by molar-refractivity contribution is 5.98. The van der Waals surface area contributed by atoms with Crippen LogP contribution in [0.5, 0.6) is 5.75 Å². The number of ether oxygens (including phenoxy) is 1. The first kappa shape index (κ1) is 10.7. The summed E-state index contributed by atoms with van der Waals surface area (Å²) in [5.74, 6) is 0.492. The molecule has 0 N–H and O–H groups in total. The zero-order chi connectivity index (χ0) is 10.6. The Labute approximate surface area is 83.5 Å². The Kier molecular flexibility index (Phi) is 3.59. The van der Waals surface area contributed by atoms with Crippen LogP contribution in [0.15, 0.2) is 18.3 Å². The van der Waals surface area contributed by atoms with Crippen LogP contribution in [0.25, 0.3) is 0 Å². The molecule has 0 aliphatic carbocycles. The molecular formula is C10H14N2O2. The lowest BCUT2D eigenvalue weighted by Gasteiger charge is -2.09. The molecular weight excluding hydrogens is 180 g/mol. The number of ketones is 1. The fourth-order valence-electron chi connectivity index (χ4n) is 1.13. The van der Waals surface area contributed by atoms with Crippen LogP contribution < -0.4 is 4.74 Å². The molecule has 76 valence electrons. The molecule has 1 aromatic heterocycles. The minimum absolute atomic E-state index is 0.0348. The van der Waals surface area contributed by atoms with Crippen LogP contribution in [0.3, 0.4) is 0 Å². The van der Waals surface area contributed by atoms with E-state index in [1.807, 2.05) is 14.1 Å². The summed E-state index contributed by atoms with van der Waals surface area (Å²) >= 11 is 0. The van der Waals surface area contributed by atoms with Crippen molar-refractivity contribution in [3.63, 3.8) is 0 Å². The van der Waals surface area contributed by atoms with Gasteiger partial charge in [0.25, 0.3) is 0 Å². The summed E-state index contributed by atoms with van der Waals surface area (Å²) in [5.41, 5.74) is 0.392. The van der Waals surface area contributed by atoms with Crippen molar-refractivity contribution in [1.82, 2.24) is 9.88 Å². The van der Waals surface area contributed by atoms with Gasteiger partial charge in [-0.3, -0.25) is 4.79 Å². The van der Waals surface area contributed by atoms with Crippen LogP contribution in [0.4, 0.5) is 0 Å². The summed E-state index contributed by atoms with van der Waals surface area (Å²) in [4.78, 5) is 17.5. The average molecular weight is 194 g/mol. The highest BCUT2D eigenvalue weighted by atomic mass is 16.5. The molecule has 14 heavy (non-hydrogen) atoms. The third-order valence-electron chi connectivity index (χ3n) is 1.71. The number of Topliss-reactive ketones (excluding diaryl/α,β-unsaturated/α-hetero) is 1. The molecule has 1 heterocycles. The molecule has 0 aromatic carbocycles. The van der Waals surface area contributed by atoms with Gasteiger partial charge < -0.3 is 9.64 Å². The lowest BCUT2D eigenvalue weighted by Crippen LogP contribution is -2.22. The van der Waals surface area contributed by atoms with E-state index in [4.69, 9.17) is 4.74 Å². The zero-order valence-electron chi connectivity index (χ0n) is 8.65. The predicted molar refractivity (Wildman–Crippen MR) is 53.7 cm³/mol. The van der Waals surface area contributed by atoms with Crippen LogP contribution in [-0.4, -0.2) is 43.4 Å². The summed E-state index contributed by atoms with van der Waals surface area (Å²) < 4.78 is 5.05. The number of hydrogen-bond donors (Lipinski definition) is 0. The summed E-state index contributed by atoms with van der Waals surface area (Å²) in [5, 5.41) is 0. The van der Waals surface area contributed by atoms with Gasteiger partial charge in [-0.25, -0.2) is 4.98 Å². The molecule has 4 nitrogen and oxygen atoms in total. The van der Waals surface area contributed by atoms with E-state index in [1.54, 1.807) is 23.2 Å². The molecule has 0 atom stereocenters. The number of nitrogens with zero attached hydrogens (tertiary/aromatic N) is 2. The van der Waals surface area contributed by atoms with E-state index in [0.29, 0.717) is 18.0 Å². The topological polar surface area (TPSA) is 42.4 Å². The Morgan fingerprint density at radius 1 is 1.57 bits per heavy atom. The van der Waals surface area contributed by atoms with E-state index in [-0.39, 0.29) is 5.78 Å². The first-order chi connectivity index (χ1) is 6.65. The van der Waals surface area contributed by atoms with Crippen molar-refractivity contribution < 1.29 is 9.53 Å². The molecule has 0 saturated heterocycles. The molecule has 4 heteroatoms. The maximum atomic E-state index is 11.7. The standard InChI is InChI=1S/C10H14N2O2/c1-12(2)7-8(13)10-9(14-3)5-4-6-11-10/h4-6H,7H2,1-3H3. The van der Waals surface area contributed by atoms with E-state index < -0.39 is 0 Å². The van der Waals surface area contributed by atoms with Crippen LogP contribution in [-0.2, 0) is 0 Å². The molecule has 0 aliphatic heterocycles. The average Bonchev–Trinajstić information content (AvgIpc) is 2.16. The fraction of sp³-hybridized carbons (Fsp3) is 0.400.